The Morgan fingerprint density at radius 3 is 1.96 bits per heavy atom. The van der Waals surface area contributed by atoms with Crippen molar-refractivity contribution in [3.05, 3.63) is 90.3 Å². The highest BCUT2D eigenvalue weighted by Gasteiger charge is 2.05. The molecule has 135 valence electrons. The van der Waals surface area contributed by atoms with Crippen molar-refractivity contribution < 1.29 is 0 Å². The zero-order valence-corrected chi connectivity index (χ0v) is 15.7. The van der Waals surface area contributed by atoms with Crippen LogP contribution in [0.25, 0.3) is 10.8 Å². The van der Waals surface area contributed by atoms with E-state index in [9.17, 15) is 0 Å². The van der Waals surface area contributed by atoms with E-state index in [1.165, 1.54) is 66.0 Å². The van der Waals surface area contributed by atoms with Gasteiger partial charge in [-0.15, -0.1) is 0 Å². The van der Waals surface area contributed by atoms with Crippen LogP contribution in [0.2, 0.25) is 0 Å². The standard InChI is InChI=1S/C25H30N/c1-2-26-20-23-19-18-22(24-16-10-11-17-25(23)24)15-9-4-3-6-12-21-13-7-5-8-14-21/h5,7-8,10-11,13-14,16-19,26H,1-4,6,9,12,15,20H2. The zero-order chi connectivity index (χ0) is 18.0. The van der Waals surface area contributed by atoms with E-state index in [4.69, 9.17) is 0 Å². The average Bonchev–Trinajstić information content (AvgIpc) is 2.70. The molecule has 26 heavy (non-hydrogen) atoms. The Balaban J connectivity index is 1.51. The Morgan fingerprint density at radius 2 is 1.23 bits per heavy atom. The summed E-state index contributed by atoms with van der Waals surface area (Å²) in [4.78, 5) is 0. The van der Waals surface area contributed by atoms with Crippen LogP contribution in [0, 0.1) is 6.92 Å². The molecule has 0 aliphatic rings. The smallest absolute Gasteiger partial charge is 0.0211 e. The number of hydrogen-bond acceptors (Lipinski definition) is 1. The van der Waals surface area contributed by atoms with Crippen molar-refractivity contribution in [2.24, 2.45) is 0 Å². The summed E-state index contributed by atoms with van der Waals surface area (Å²) < 4.78 is 0. The van der Waals surface area contributed by atoms with Crippen LogP contribution >= 0.6 is 0 Å². The first-order chi connectivity index (χ1) is 12.9. The minimum atomic E-state index is 0.763. The molecule has 0 amide bonds. The third kappa shape index (κ3) is 5.19. The lowest BCUT2D eigenvalue weighted by atomic mass is 9.95. The molecule has 0 aliphatic carbocycles. The molecular weight excluding hydrogens is 314 g/mol. The molecule has 0 spiro atoms. The van der Waals surface area contributed by atoms with Crippen molar-refractivity contribution in [3.8, 4) is 0 Å². The molecule has 0 unspecified atom stereocenters. The minimum Gasteiger partial charge on any atom is -0.313 e. The maximum Gasteiger partial charge on any atom is 0.0211 e. The van der Waals surface area contributed by atoms with Gasteiger partial charge in [-0.2, -0.15) is 0 Å². The fourth-order valence-corrected chi connectivity index (χ4v) is 3.66. The zero-order valence-electron chi connectivity index (χ0n) is 15.7. The van der Waals surface area contributed by atoms with Gasteiger partial charge >= 0.3 is 0 Å². The lowest BCUT2D eigenvalue weighted by Crippen LogP contribution is -2.12. The molecule has 0 fully saturated rings. The molecule has 0 heterocycles. The molecule has 0 saturated heterocycles. The van der Waals surface area contributed by atoms with Crippen LogP contribution in [0.5, 0.6) is 0 Å². The van der Waals surface area contributed by atoms with Gasteiger partial charge in [-0.05, 0) is 66.6 Å². The van der Waals surface area contributed by atoms with Crippen molar-refractivity contribution in [1.29, 1.82) is 0 Å². The van der Waals surface area contributed by atoms with Crippen molar-refractivity contribution in [3.63, 3.8) is 0 Å². The van der Waals surface area contributed by atoms with E-state index >= 15 is 0 Å². The molecule has 1 nitrogen and oxygen atoms in total. The molecule has 1 heteroatoms. The van der Waals surface area contributed by atoms with Crippen molar-refractivity contribution in [2.45, 2.75) is 45.1 Å². The summed E-state index contributed by atoms with van der Waals surface area (Å²) in [6.07, 6.45) is 7.58. The van der Waals surface area contributed by atoms with Gasteiger partial charge in [0.25, 0.3) is 0 Å². The van der Waals surface area contributed by atoms with Gasteiger partial charge < -0.3 is 5.32 Å². The first-order valence-electron chi connectivity index (χ1n) is 9.92. The van der Waals surface area contributed by atoms with Gasteiger partial charge in [0.15, 0.2) is 0 Å². The molecular formula is C25H30N. The number of nitrogens with one attached hydrogen (secondary N) is 1. The first-order valence-corrected chi connectivity index (χ1v) is 9.92. The Labute approximate surface area is 158 Å². The van der Waals surface area contributed by atoms with Crippen molar-refractivity contribution in [2.75, 3.05) is 6.54 Å². The van der Waals surface area contributed by atoms with E-state index < -0.39 is 0 Å². The minimum absolute atomic E-state index is 0.763. The second-order valence-corrected chi connectivity index (χ2v) is 7.01. The molecule has 3 aromatic carbocycles. The van der Waals surface area contributed by atoms with Gasteiger partial charge in [0.2, 0.25) is 0 Å². The third-order valence-electron chi connectivity index (χ3n) is 5.10. The highest BCUT2D eigenvalue weighted by molar-refractivity contribution is 5.88. The Morgan fingerprint density at radius 1 is 0.615 bits per heavy atom. The monoisotopic (exact) mass is 344 g/mol. The summed E-state index contributed by atoms with van der Waals surface area (Å²) in [7, 11) is 0. The SMILES string of the molecule is [CH2]CNCc1ccc(CCCCCCc2ccccc2)c2ccccc12. The summed E-state index contributed by atoms with van der Waals surface area (Å²) in [5.74, 6) is 0. The summed E-state index contributed by atoms with van der Waals surface area (Å²) >= 11 is 0. The van der Waals surface area contributed by atoms with Crippen LogP contribution in [0.1, 0.15) is 42.4 Å². The molecule has 0 aliphatic heterocycles. The number of hydrogen-bond donors (Lipinski definition) is 1. The predicted octanol–water partition coefficient (Wildman–Crippen LogP) is 6.11. The van der Waals surface area contributed by atoms with E-state index in [1.54, 1.807) is 0 Å². The van der Waals surface area contributed by atoms with Gasteiger partial charge in [-0.25, -0.2) is 0 Å². The molecule has 0 saturated carbocycles. The predicted molar refractivity (Wildman–Crippen MR) is 113 cm³/mol. The Hall–Kier alpha value is -2.12. The third-order valence-corrected chi connectivity index (χ3v) is 5.10. The quantitative estimate of drug-likeness (QED) is 0.438. The van der Waals surface area contributed by atoms with Crippen molar-refractivity contribution in [1.82, 2.24) is 5.32 Å². The van der Waals surface area contributed by atoms with Crippen LogP contribution in [0.4, 0.5) is 0 Å². The molecule has 3 aromatic rings. The second kappa shape index (κ2) is 10.1. The van der Waals surface area contributed by atoms with E-state index in [2.05, 4.69) is 79.0 Å². The average molecular weight is 345 g/mol. The van der Waals surface area contributed by atoms with E-state index in [1.807, 2.05) is 0 Å². The van der Waals surface area contributed by atoms with Crippen LogP contribution in [-0.2, 0) is 19.4 Å². The molecule has 1 radical (unpaired) electrons. The van der Waals surface area contributed by atoms with Crippen LogP contribution in [0.15, 0.2) is 66.7 Å². The highest BCUT2D eigenvalue weighted by atomic mass is 14.8. The van der Waals surface area contributed by atoms with Crippen LogP contribution in [0.3, 0.4) is 0 Å². The molecule has 3 rings (SSSR count). The maximum atomic E-state index is 3.87. The number of rotatable bonds is 10. The molecule has 0 aromatic heterocycles. The molecule has 0 atom stereocenters. The maximum absolute atomic E-state index is 3.87. The number of aryl methyl sites for hydroxylation is 2. The highest BCUT2D eigenvalue weighted by Crippen LogP contribution is 2.24. The second-order valence-electron chi connectivity index (χ2n) is 7.01. The normalized spacial score (nSPS) is 11.1. The largest absolute Gasteiger partial charge is 0.313 e. The Kier molecular flexibility index (Phi) is 7.27. The van der Waals surface area contributed by atoms with Crippen LogP contribution < -0.4 is 5.32 Å². The number of fused-ring (bicyclic) bond motifs is 1. The van der Waals surface area contributed by atoms with Gasteiger partial charge in [-0.3, -0.25) is 0 Å². The summed E-state index contributed by atoms with van der Waals surface area (Å²) in [6.45, 7) is 5.53. The van der Waals surface area contributed by atoms with Crippen LogP contribution in [-0.4, -0.2) is 6.54 Å². The van der Waals surface area contributed by atoms with Gasteiger partial charge in [0, 0.05) is 6.54 Å². The number of unbranched alkanes of at least 4 members (excludes halogenated alkanes) is 3. The van der Waals surface area contributed by atoms with Gasteiger partial charge in [-0.1, -0.05) is 79.6 Å². The Bertz CT molecular complexity index is 792. The van der Waals surface area contributed by atoms with Crippen molar-refractivity contribution >= 4 is 10.8 Å². The van der Waals surface area contributed by atoms with E-state index in [0.29, 0.717) is 0 Å². The lowest BCUT2D eigenvalue weighted by Gasteiger charge is -2.12. The lowest BCUT2D eigenvalue weighted by molar-refractivity contribution is 0.641. The summed E-state index contributed by atoms with van der Waals surface area (Å²) in [5, 5.41) is 6.15. The fraction of sp³-hybridized carbons (Fsp3) is 0.320. The molecule has 1 N–H and O–H groups in total. The van der Waals surface area contributed by atoms with Gasteiger partial charge in [0.1, 0.15) is 0 Å². The van der Waals surface area contributed by atoms with E-state index in [0.717, 1.165) is 13.1 Å². The summed E-state index contributed by atoms with van der Waals surface area (Å²) in [5.41, 5.74) is 4.32. The summed E-state index contributed by atoms with van der Waals surface area (Å²) in [6, 6.07) is 24.3. The number of benzene rings is 3. The topological polar surface area (TPSA) is 12.0 Å². The molecule has 0 bridgehead atoms. The van der Waals surface area contributed by atoms with Gasteiger partial charge in [0.05, 0.1) is 0 Å². The first kappa shape index (κ1) is 18.7. The van der Waals surface area contributed by atoms with E-state index in [-0.39, 0.29) is 0 Å². The fourth-order valence-electron chi connectivity index (χ4n) is 3.66.